The van der Waals surface area contributed by atoms with Gasteiger partial charge in [0.15, 0.2) is 0 Å². The monoisotopic (exact) mass is 431 g/mol. The van der Waals surface area contributed by atoms with Crippen LogP contribution in [0.15, 0.2) is 24.4 Å². The number of rotatable bonds is 3. The number of hydrazine groups is 1. The van der Waals surface area contributed by atoms with E-state index in [4.69, 9.17) is 11.6 Å². The highest BCUT2D eigenvalue weighted by molar-refractivity contribution is 6.31. The Kier molecular flexibility index (Phi) is 5.26. The number of hydrogen-bond acceptors (Lipinski definition) is 4. The van der Waals surface area contributed by atoms with E-state index in [0.717, 1.165) is 12.1 Å². The summed E-state index contributed by atoms with van der Waals surface area (Å²) in [7, 11) is 0. The second-order valence-corrected chi connectivity index (χ2v) is 7.57. The molecule has 1 amide bonds. The molecule has 29 heavy (non-hydrogen) atoms. The number of halogens is 5. The molecule has 11 heteroatoms. The van der Waals surface area contributed by atoms with Crippen molar-refractivity contribution in [3.63, 3.8) is 0 Å². The summed E-state index contributed by atoms with van der Waals surface area (Å²) in [6.45, 7) is 2.00. The number of imidazole rings is 1. The Hall–Kier alpha value is -2.17. The number of nitrogens with zero attached hydrogens (tertiary/aromatic N) is 3. The lowest BCUT2D eigenvalue weighted by atomic mass is 10.0. The Bertz CT molecular complexity index is 931. The largest absolute Gasteiger partial charge is 0.416 e. The standard InChI is InChI=1S/C18H18ClF4N5O/c19-16-14(8-25-26-17(16)29)27-3-4-28-12(7-24-15(28)9-27)5-10-1-2-11(20)6-13(10)18(21,22)23/h1-2,6-7,14,16,25H,3-5,8-9H2,(H,26,29). The molecule has 4 rings (SSSR count). The third kappa shape index (κ3) is 3.96. The number of benzene rings is 1. The summed E-state index contributed by atoms with van der Waals surface area (Å²) in [5.74, 6) is -0.530. The van der Waals surface area contributed by atoms with Crippen LogP contribution >= 0.6 is 11.6 Å². The third-order valence-electron chi connectivity index (χ3n) is 5.31. The van der Waals surface area contributed by atoms with Crippen LogP contribution in [0.3, 0.4) is 0 Å². The molecule has 2 aliphatic rings. The molecule has 0 radical (unpaired) electrons. The number of carbonyl (C=O) groups excluding carboxylic acids is 1. The molecule has 6 nitrogen and oxygen atoms in total. The first kappa shape index (κ1) is 20.1. The van der Waals surface area contributed by atoms with Crippen molar-refractivity contribution in [2.75, 3.05) is 13.1 Å². The minimum Gasteiger partial charge on any atom is -0.329 e. The molecule has 0 spiro atoms. The molecule has 0 aliphatic carbocycles. The SMILES string of the molecule is O=C1NNCC(N2CCn3c(Cc4ccc(F)cc4C(F)(F)F)cnc3C2)C1Cl. The molecule has 3 heterocycles. The minimum absolute atomic E-state index is 0.00185. The number of hydrogen-bond donors (Lipinski definition) is 2. The Morgan fingerprint density at radius 2 is 2.07 bits per heavy atom. The number of amides is 1. The van der Waals surface area contributed by atoms with Crippen molar-refractivity contribution in [1.82, 2.24) is 25.3 Å². The Labute approximate surface area is 168 Å². The average Bonchev–Trinajstić information content (AvgIpc) is 3.06. The molecule has 1 aromatic heterocycles. The smallest absolute Gasteiger partial charge is 0.329 e. The van der Waals surface area contributed by atoms with Gasteiger partial charge in [-0.15, -0.1) is 11.6 Å². The quantitative estimate of drug-likeness (QED) is 0.577. The van der Waals surface area contributed by atoms with Crippen molar-refractivity contribution >= 4 is 17.5 Å². The highest BCUT2D eigenvalue weighted by Crippen LogP contribution is 2.34. The number of carbonyl (C=O) groups is 1. The van der Waals surface area contributed by atoms with E-state index in [0.29, 0.717) is 43.8 Å². The fourth-order valence-electron chi connectivity index (χ4n) is 3.83. The van der Waals surface area contributed by atoms with Gasteiger partial charge >= 0.3 is 6.18 Å². The van der Waals surface area contributed by atoms with E-state index >= 15 is 0 Å². The Morgan fingerprint density at radius 3 is 2.83 bits per heavy atom. The van der Waals surface area contributed by atoms with Crippen LogP contribution in [0.2, 0.25) is 0 Å². The number of alkyl halides is 4. The zero-order valence-electron chi connectivity index (χ0n) is 15.1. The molecule has 156 valence electrons. The van der Waals surface area contributed by atoms with Gasteiger partial charge in [-0.3, -0.25) is 15.1 Å². The molecule has 2 N–H and O–H groups in total. The van der Waals surface area contributed by atoms with Crippen LogP contribution < -0.4 is 10.9 Å². The number of aromatic nitrogens is 2. The van der Waals surface area contributed by atoms with Crippen LogP contribution in [0, 0.1) is 5.82 Å². The molecule has 0 bridgehead atoms. The first-order chi connectivity index (χ1) is 13.7. The fourth-order valence-corrected chi connectivity index (χ4v) is 4.14. The second-order valence-electron chi connectivity index (χ2n) is 7.10. The first-order valence-corrected chi connectivity index (χ1v) is 9.47. The molecule has 1 fully saturated rings. The van der Waals surface area contributed by atoms with Crippen molar-refractivity contribution in [2.24, 2.45) is 0 Å². The van der Waals surface area contributed by atoms with E-state index in [-0.39, 0.29) is 23.9 Å². The summed E-state index contributed by atoms with van der Waals surface area (Å²) >= 11 is 6.22. The highest BCUT2D eigenvalue weighted by Gasteiger charge is 2.37. The predicted molar refractivity (Wildman–Crippen MR) is 96.4 cm³/mol. The van der Waals surface area contributed by atoms with E-state index in [1.807, 2.05) is 9.47 Å². The zero-order valence-corrected chi connectivity index (χ0v) is 15.9. The van der Waals surface area contributed by atoms with Gasteiger partial charge in [0, 0.05) is 44.0 Å². The van der Waals surface area contributed by atoms with Gasteiger partial charge in [-0.05, 0) is 17.7 Å². The lowest BCUT2D eigenvalue weighted by Crippen LogP contribution is -2.62. The van der Waals surface area contributed by atoms with Gasteiger partial charge in [-0.2, -0.15) is 13.2 Å². The van der Waals surface area contributed by atoms with Crippen molar-refractivity contribution in [2.45, 2.75) is 37.1 Å². The topological polar surface area (TPSA) is 62.2 Å². The maximum Gasteiger partial charge on any atom is 0.416 e. The summed E-state index contributed by atoms with van der Waals surface area (Å²) in [5, 5.41) is -0.703. The number of nitrogens with one attached hydrogen (secondary N) is 2. The van der Waals surface area contributed by atoms with E-state index < -0.39 is 22.9 Å². The third-order valence-corrected chi connectivity index (χ3v) is 5.79. The van der Waals surface area contributed by atoms with Gasteiger partial charge in [-0.25, -0.2) is 14.8 Å². The predicted octanol–water partition coefficient (Wildman–Crippen LogP) is 2.06. The van der Waals surface area contributed by atoms with Crippen LogP contribution in [0.5, 0.6) is 0 Å². The second kappa shape index (κ2) is 7.58. The summed E-state index contributed by atoms with van der Waals surface area (Å²) in [6, 6.07) is 2.50. The zero-order chi connectivity index (χ0) is 20.8. The maximum absolute atomic E-state index is 13.3. The van der Waals surface area contributed by atoms with E-state index in [1.165, 1.54) is 0 Å². The summed E-state index contributed by atoms with van der Waals surface area (Å²) in [6.07, 6.45) is -3.09. The lowest BCUT2D eigenvalue weighted by Gasteiger charge is -2.39. The molecule has 1 aromatic carbocycles. The van der Waals surface area contributed by atoms with Gasteiger partial charge in [0.1, 0.15) is 17.0 Å². The first-order valence-electron chi connectivity index (χ1n) is 9.04. The molecular formula is C18H18ClF4N5O. The van der Waals surface area contributed by atoms with Crippen LogP contribution in [-0.2, 0) is 30.5 Å². The Balaban J connectivity index is 1.55. The highest BCUT2D eigenvalue weighted by atomic mass is 35.5. The number of fused-ring (bicyclic) bond motifs is 1. The average molecular weight is 432 g/mol. The normalized spacial score (nSPS) is 23.0. The van der Waals surface area contributed by atoms with Gasteiger partial charge in [0.2, 0.25) is 0 Å². The summed E-state index contributed by atoms with van der Waals surface area (Å²) in [5.41, 5.74) is 4.94. The fraction of sp³-hybridized carbons (Fsp3) is 0.444. The van der Waals surface area contributed by atoms with Crippen LogP contribution in [0.25, 0.3) is 0 Å². The van der Waals surface area contributed by atoms with E-state index in [9.17, 15) is 22.4 Å². The van der Waals surface area contributed by atoms with Gasteiger partial charge in [0.05, 0.1) is 12.1 Å². The molecule has 2 aromatic rings. The van der Waals surface area contributed by atoms with Crippen LogP contribution in [0.1, 0.15) is 22.6 Å². The molecule has 2 atom stereocenters. The van der Waals surface area contributed by atoms with Crippen LogP contribution in [-0.4, -0.2) is 44.9 Å². The molecule has 1 saturated heterocycles. The van der Waals surface area contributed by atoms with Crippen LogP contribution in [0.4, 0.5) is 17.6 Å². The molecule has 2 aliphatic heterocycles. The molecule has 0 saturated carbocycles. The van der Waals surface area contributed by atoms with Crippen molar-refractivity contribution < 1.29 is 22.4 Å². The summed E-state index contributed by atoms with van der Waals surface area (Å²) < 4.78 is 55.0. The van der Waals surface area contributed by atoms with Crippen molar-refractivity contribution in [1.29, 1.82) is 0 Å². The van der Waals surface area contributed by atoms with Gasteiger partial charge < -0.3 is 4.57 Å². The minimum atomic E-state index is -4.64. The molecular weight excluding hydrogens is 414 g/mol. The van der Waals surface area contributed by atoms with E-state index in [2.05, 4.69) is 15.8 Å². The van der Waals surface area contributed by atoms with Gasteiger partial charge in [0.25, 0.3) is 5.91 Å². The summed E-state index contributed by atoms with van der Waals surface area (Å²) in [4.78, 5) is 18.2. The van der Waals surface area contributed by atoms with Crippen molar-refractivity contribution in [3.05, 3.63) is 52.9 Å². The van der Waals surface area contributed by atoms with E-state index in [1.54, 1.807) is 6.20 Å². The van der Waals surface area contributed by atoms with Crippen molar-refractivity contribution in [3.8, 4) is 0 Å². The molecule has 2 unspecified atom stereocenters. The van der Waals surface area contributed by atoms with Gasteiger partial charge in [-0.1, -0.05) is 6.07 Å². The maximum atomic E-state index is 13.3. The lowest BCUT2D eigenvalue weighted by molar-refractivity contribution is -0.138. The Morgan fingerprint density at radius 1 is 1.28 bits per heavy atom.